The second-order valence-corrected chi connectivity index (χ2v) is 8.69. The molecule has 1 unspecified atom stereocenters. The molecule has 182 valence electrons. The van der Waals surface area contributed by atoms with Crippen LogP contribution in [0, 0.1) is 23.1 Å². The van der Waals surface area contributed by atoms with Gasteiger partial charge in [-0.3, -0.25) is 15.1 Å². The molecule has 3 N–H and O–H groups in total. The average molecular weight is 500 g/mol. The number of aliphatic imine (C=N–C) groups is 1. The highest BCUT2D eigenvalue weighted by molar-refractivity contribution is 8.15. The third kappa shape index (κ3) is 5.58. The predicted molar refractivity (Wildman–Crippen MR) is 130 cm³/mol. The maximum absolute atomic E-state index is 14.7. The summed E-state index contributed by atoms with van der Waals surface area (Å²) >= 11 is 1.11. The van der Waals surface area contributed by atoms with Crippen LogP contribution in [0.3, 0.4) is 0 Å². The van der Waals surface area contributed by atoms with E-state index >= 15 is 0 Å². The summed E-state index contributed by atoms with van der Waals surface area (Å²) in [5.41, 5.74) is 0.396. The molecule has 1 aliphatic rings. The second kappa shape index (κ2) is 11.4. The van der Waals surface area contributed by atoms with E-state index in [1.807, 2.05) is 18.2 Å². The van der Waals surface area contributed by atoms with Gasteiger partial charge in [0, 0.05) is 19.2 Å². The fourth-order valence-corrected chi connectivity index (χ4v) is 4.94. The Kier molecular flexibility index (Phi) is 8.38. The highest BCUT2D eigenvalue weighted by Gasteiger charge is 2.49. The minimum Gasteiger partial charge on any atom is -0.410 e. The number of hydrogen-bond acceptors (Lipinski definition) is 7. The number of nitrogens with one attached hydrogen (secondary N) is 2. The Balaban J connectivity index is 2.03. The van der Waals surface area contributed by atoms with Crippen molar-refractivity contribution in [3.8, 4) is 6.19 Å². The zero-order valence-corrected chi connectivity index (χ0v) is 19.8. The molecule has 0 fully saturated rings. The molecule has 3 rings (SSSR count). The van der Waals surface area contributed by atoms with Gasteiger partial charge in [-0.15, -0.1) is 0 Å². The van der Waals surface area contributed by atoms with Gasteiger partial charge in [-0.2, -0.15) is 10.4 Å². The number of amides is 1. The molecule has 0 radical (unpaired) electrons. The molecule has 2 aromatic rings. The maximum atomic E-state index is 14.7. The number of halogens is 2. The predicted octanol–water partition coefficient (Wildman–Crippen LogP) is 3.33. The molecule has 2 aromatic carbocycles. The molecular formula is C23H23F2N7O2S. The zero-order valence-electron chi connectivity index (χ0n) is 19.0. The summed E-state index contributed by atoms with van der Waals surface area (Å²) in [6, 6.07) is 12.1. The molecule has 0 spiro atoms. The Hall–Kier alpha value is -3.98. The summed E-state index contributed by atoms with van der Waals surface area (Å²) in [5.74, 6) is -1.73. The van der Waals surface area contributed by atoms with E-state index in [4.69, 9.17) is 5.26 Å². The van der Waals surface area contributed by atoms with Crippen LogP contribution in [0.4, 0.5) is 8.78 Å². The minimum atomic E-state index is -1.15. The normalized spacial score (nSPS) is 18.1. The van der Waals surface area contributed by atoms with Gasteiger partial charge in [0.25, 0.3) is 5.91 Å². The third-order valence-electron chi connectivity index (χ3n) is 5.22. The van der Waals surface area contributed by atoms with Crippen LogP contribution in [-0.4, -0.2) is 46.4 Å². The first-order chi connectivity index (χ1) is 16.9. The van der Waals surface area contributed by atoms with Crippen molar-refractivity contribution in [2.75, 3.05) is 13.6 Å². The van der Waals surface area contributed by atoms with E-state index in [1.165, 1.54) is 14.0 Å². The lowest BCUT2D eigenvalue weighted by atomic mass is 10.00. The van der Waals surface area contributed by atoms with E-state index < -0.39 is 22.4 Å². The lowest BCUT2D eigenvalue weighted by Gasteiger charge is -2.35. The first-order valence-corrected chi connectivity index (χ1v) is 11.4. The van der Waals surface area contributed by atoms with Crippen LogP contribution in [0.2, 0.25) is 0 Å². The monoisotopic (exact) mass is 499 g/mol. The molecule has 9 nitrogen and oxygen atoms in total. The van der Waals surface area contributed by atoms with E-state index in [0.717, 1.165) is 35.0 Å². The third-order valence-corrected chi connectivity index (χ3v) is 6.66. The van der Waals surface area contributed by atoms with Crippen LogP contribution in [0.15, 0.2) is 63.8 Å². The Morgan fingerprint density at radius 2 is 2.03 bits per heavy atom. The fraction of sp³-hybridized carbons (Fsp3) is 0.261. The van der Waals surface area contributed by atoms with Gasteiger partial charge >= 0.3 is 0 Å². The van der Waals surface area contributed by atoms with Gasteiger partial charge in [0.15, 0.2) is 6.19 Å². The summed E-state index contributed by atoms with van der Waals surface area (Å²) in [6.07, 6.45) is 2.59. The van der Waals surface area contributed by atoms with Gasteiger partial charge in [-0.25, -0.2) is 13.8 Å². The van der Waals surface area contributed by atoms with Gasteiger partial charge in [0.05, 0.1) is 0 Å². The molecule has 0 saturated heterocycles. The fourth-order valence-electron chi connectivity index (χ4n) is 3.52. The number of nitrogens with zero attached hydrogens (tertiary/aromatic N) is 5. The van der Waals surface area contributed by atoms with Crippen molar-refractivity contribution in [3.63, 3.8) is 0 Å². The van der Waals surface area contributed by atoms with Gasteiger partial charge in [0.2, 0.25) is 5.96 Å². The topological polar surface area (TPSA) is 125 Å². The van der Waals surface area contributed by atoms with Gasteiger partial charge in [-0.05, 0) is 43.5 Å². The molecule has 1 heterocycles. The SMILES string of the molecule is CN=C(NC#N)NCCCC1(c2ccccc2)SC(c2cc(F)ccc2F)=NN1C(=O)C(C)=NO. The Morgan fingerprint density at radius 3 is 2.69 bits per heavy atom. The largest absolute Gasteiger partial charge is 0.410 e. The second-order valence-electron chi connectivity index (χ2n) is 7.42. The van der Waals surface area contributed by atoms with Crippen LogP contribution >= 0.6 is 11.8 Å². The molecule has 1 atom stereocenters. The number of nitriles is 1. The van der Waals surface area contributed by atoms with Crippen LogP contribution in [0.5, 0.6) is 0 Å². The number of hydrogen-bond donors (Lipinski definition) is 3. The zero-order chi connectivity index (χ0) is 25.4. The van der Waals surface area contributed by atoms with Crippen LogP contribution in [0.25, 0.3) is 0 Å². The summed E-state index contributed by atoms with van der Waals surface area (Å²) in [5, 5.41) is 32.1. The van der Waals surface area contributed by atoms with Crippen LogP contribution in [-0.2, 0) is 9.67 Å². The lowest BCUT2D eigenvalue weighted by molar-refractivity contribution is -0.127. The van der Waals surface area contributed by atoms with Crippen molar-refractivity contribution >= 4 is 34.4 Å². The number of benzene rings is 2. The molecule has 0 saturated carbocycles. The van der Waals surface area contributed by atoms with Gasteiger partial charge < -0.3 is 10.5 Å². The number of oxime groups is 1. The van der Waals surface area contributed by atoms with Crippen molar-refractivity contribution in [1.29, 1.82) is 5.26 Å². The lowest BCUT2D eigenvalue weighted by Crippen LogP contribution is -2.44. The van der Waals surface area contributed by atoms with Crippen LogP contribution < -0.4 is 10.6 Å². The quantitative estimate of drug-likeness (QED) is 0.102. The highest BCUT2D eigenvalue weighted by Crippen LogP contribution is 2.50. The maximum Gasteiger partial charge on any atom is 0.293 e. The van der Waals surface area contributed by atoms with Crippen molar-refractivity contribution in [1.82, 2.24) is 15.6 Å². The van der Waals surface area contributed by atoms with E-state index in [-0.39, 0.29) is 22.3 Å². The van der Waals surface area contributed by atoms with Crippen molar-refractivity contribution in [2.45, 2.75) is 24.6 Å². The highest BCUT2D eigenvalue weighted by atomic mass is 32.2. The number of carbonyl (C=O) groups is 1. The molecule has 35 heavy (non-hydrogen) atoms. The smallest absolute Gasteiger partial charge is 0.293 e. The number of guanidine groups is 1. The Bertz CT molecular complexity index is 1210. The molecular weight excluding hydrogens is 476 g/mol. The van der Waals surface area contributed by atoms with E-state index in [9.17, 15) is 18.8 Å². The van der Waals surface area contributed by atoms with Crippen molar-refractivity contribution in [3.05, 3.63) is 71.3 Å². The molecule has 12 heteroatoms. The number of rotatable bonds is 7. The first kappa shape index (κ1) is 25.6. The molecule has 0 bridgehead atoms. The first-order valence-electron chi connectivity index (χ1n) is 10.5. The molecule has 1 aliphatic heterocycles. The number of hydrazone groups is 1. The van der Waals surface area contributed by atoms with Crippen molar-refractivity contribution in [2.24, 2.45) is 15.2 Å². The molecule has 0 aromatic heterocycles. The summed E-state index contributed by atoms with van der Waals surface area (Å²) < 4.78 is 28.6. The van der Waals surface area contributed by atoms with Gasteiger partial charge in [-0.1, -0.05) is 47.2 Å². The Morgan fingerprint density at radius 1 is 1.29 bits per heavy atom. The van der Waals surface area contributed by atoms with E-state index in [0.29, 0.717) is 24.9 Å². The van der Waals surface area contributed by atoms with E-state index in [2.05, 4.69) is 25.9 Å². The van der Waals surface area contributed by atoms with Gasteiger partial charge in [0.1, 0.15) is 27.3 Å². The number of carbonyl (C=O) groups excluding carboxylic acids is 1. The standard InChI is InChI=1S/C23H23F2N7O2S/c1-15(31-34)21(33)32-23(16-7-4-3-5-8-16,11-6-12-28-22(27-2)29-14-26)35-20(30-32)18-13-17(24)9-10-19(18)25/h3-5,7-10,13,34H,6,11-12H2,1-2H3,(H2,27,28,29). The summed E-state index contributed by atoms with van der Waals surface area (Å²) in [6.45, 7) is 1.72. The minimum absolute atomic E-state index is 0.0825. The summed E-state index contributed by atoms with van der Waals surface area (Å²) in [4.78, 5) is 16.0. The molecule has 1 amide bonds. The van der Waals surface area contributed by atoms with Crippen LogP contribution in [0.1, 0.15) is 30.9 Å². The summed E-state index contributed by atoms with van der Waals surface area (Å²) in [7, 11) is 1.52. The average Bonchev–Trinajstić information content (AvgIpc) is 3.27. The number of thioether (sulfide) groups is 1. The Labute approximate surface area is 205 Å². The molecule has 0 aliphatic carbocycles. The van der Waals surface area contributed by atoms with Crippen molar-refractivity contribution < 1.29 is 18.8 Å². The van der Waals surface area contributed by atoms with E-state index in [1.54, 1.807) is 18.3 Å².